The first-order valence-corrected chi connectivity index (χ1v) is 8.43. The number of benzene rings is 2. The Morgan fingerprint density at radius 2 is 2.07 bits per heavy atom. The molecule has 0 bridgehead atoms. The van der Waals surface area contributed by atoms with E-state index in [9.17, 15) is 9.59 Å². The first-order chi connectivity index (χ1) is 13.0. The average molecular weight is 367 g/mol. The summed E-state index contributed by atoms with van der Waals surface area (Å²) in [5.74, 6) is -0.934. The highest BCUT2D eigenvalue weighted by Gasteiger charge is 2.20. The van der Waals surface area contributed by atoms with E-state index in [0.717, 1.165) is 11.3 Å². The maximum absolute atomic E-state index is 12.4. The van der Waals surface area contributed by atoms with Crippen molar-refractivity contribution in [1.29, 1.82) is 0 Å². The van der Waals surface area contributed by atoms with Crippen molar-refractivity contribution < 1.29 is 14.3 Å². The van der Waals surface area contributed by atoms with Gasteiger partial charge in [-0.25, -0.2) is 4.79 Å². The summed E-state index contributed by atoms with van der Waals surface area (Å²) in [5.41, 5.74) is 9.37. The number of ether oxygens (including phenoxy) is 1. The summed E-state index contributed by atoms with van der Waals surface area (Å²) < 4.78 is 4.61. The smallest absolute Gasteiger partial charge is 0.328 e. The number of hydrogen-bond acceptors (Lipinski definition) is 6. The predicted octanol–water partition coefficient (Wildman–Crippen LogP) is 2.05. The average Bonchev–Trinajstić information content (AvgIpc) is 3.09. The van der Waals surface area contributed by atoms with Crippen LogP contribution in [0.2, 0.25) is 0 Å². The van der Waals surface area contributed by atoms with Crippen molar-refractivity contribution in [1.82, 2.24) is 15.5 Å². The number of carbonyl (C=O) groups excluding carboxylic acids is 2. The first kappa shape index (κ1) is 18.2. The summed E-state index contributed by atoms with van der Waals surface area (Å²) in [6, 6.07) is 12.4. The molecule has 0 aliphatic carbocycles. The summed E-state index contributed by atoms with van der Waals surface area (Å²) in [5, 5.41) is 13.5. The monoisotopic (exact) mass is 367 g/mol. The Balaban J connectivity index is 1.72. The fraction of sp³-hybridized carbons (Fsp3) is 0.211. The number of hydrogen-bond donors (Lipinski definition) is 4. The lowest BCUT2D eigenvalue weighted by molar-refractivity contribution is -0.142. The van der Waals surface area contributed by atoms with E-state index in [1.165, 1.54) is 7.11 Å². The number of methoxy groups -OCH3 is 1. The number of fused-ring (bicyclic) bond motifs is 1. The van der Waals surface area contributed by atoms with Gasteiger partial charge in [-0.3, -0.25) is 9.89 Å². The number of nitrogen functional groups attached to an aromatic ring is 1. The van der Waals surface area contributed by atoms with Gasteiger partial charge in [0.1, 0.15) is 11.7 Å². The Morgan fingerprint density at radius 1 is 1.26 bits per heavy atom. The molecule has 3 rings (SSSR count). The van der Waals surface area contributed by atoms with E-state index in [-0.39, 0.29) is 0 Å². The molecule has 1 atom stereocenters. The number of carbonyl (C=O) groups is 2. The quantitative estimate of drug-likeness (QED) is 0.391. The topological polar surface area (TPSA) is 122 Å². The number of H-pyrrole nitrogens is 1. The molecule has 0 aliphatic heterocycles. The number of aromatic amines is 1. The van der Waals surface area contributed by atoms with Gasteiger partial charge in [0.05, 0.1) is 12.6 Å². The fourth-order valence-corrected chi connectivity index (χ4v) is 2.71. The molecule has 1 amide bonds. The Bertz CT molecular complexity index is 982. The van der Waals surface area contributed by atoms with Gasteiger partial charge in [0, 0.05) is 23.3 Å². The Morgan fingerprint density at radius 3 is 2.81 bits per heavy atom. The molecule has 0 fully saturated rings. The van der Waals surface area contributed by atoms with Crippen LogP contribution in [-0.2, 0) is 16.1 Å². The predicted molar refractivity (Wildman–Crippen MR) is 103 cm³/mol. The number of nitrogens with one attached hydrogen (secondary N) is 3. The zero-order chi connectivity index (χ0) is 19.4. The number of aromatic nitrogens is 2. The summed E-state index contributed by atoms with van der Waals surface area (Å²) in [6.07, 6.45) is 0. The zero-order valence-corrected chi connectivity index (χ0v) is 15.1. The number of amides is 1. The molecular formula is C19H21N5O3. The van der Waals surface area contributed by atoms with Crippen molar-refractivity contribution in [3.05, 3.63) is 53.7 Å². The number of anilines is 2. The van der Waals surface area contributed by atoms with Crippen molar-refractivity contribution in [3.63, 3.8) is 0 Å². The van der Waals surface area contributed by atoms with Gasteiger partial charge in [-0.1, -0.05) is 12.1 Å². The van der Waals surface area contributed by atoms with Gasteiger partial charge in [-0.2, -0.15) is 5.10 Å². The largest absolute Gasteiger partial charge is 0.467 e. The minimum absolute atomic E-state index is 0.295. The van der Waals surface area contributed by atoms with Crippen LogP contribution >= 0.6 is 0 Å². The molecule has 0 spiro atoms. The fourth-order valence-electron chi connectivity index (χ4n) is 2.71. The molecular weight excluding hydrogens is 346 g/mol. The van der Waals surface area contributed by atoms with Crippen LogP contribution in [0.3, 0.4) is 0 Å². The number of nitrogens with two attached hydrogens (primary N) is 1. The second-order valence-electron chi connectivity index (χ2n) is 6.15. The van der Waals surface area contributed by atoms with Crippen molar-refractivity contribution in [3.8, 4) is 0 Å². The SMILES string of the molecule is COC(=O)[C@H](C)NC(=O)c1[nH]nc2cc(NCc3cccc(N)c3)ccc12. The third-order valence-corrected chi connectivity index (χ3v) is 4.13. The standard InChI is InChI=1S/C19H21N5O3/c1-11(19(26)27-2)22-18(25)17-15-7-6-14(9-16(15)23-24-17)21-10-12-4-3-5-13(20)8-12/h3-9,11,21H,10,20H2,1-2H3,(H,22,25)(H,23,24)/t11-/m0/s1. The molecule has 0 aliphatic rings. The van der Waals surface area contributed by atoms with Gasteiger partial charge in [0.2, 0.25) is 0 Å². The molecule has 8 nitrogen and oxygen atoms in total. The third kappa shape index (κ3) is 4.17. The van der Waals surface area contributed by atoms with E-state index in [0.29, 0.717) is 28.8 Å². The van der Waals surface area contributed by atoms with Gasteiger partial charge in [-0.05, 0) is 42.8 Å². The van der Waals surface area contributed by atoms with E-state index < -0.39 is 17.9 Å². The molecule has 2 aromatic carbocycles. The van der Waals surface area contributed by atoms with Gasteiger partial charge >= 0.3 is 5.97 Å². The lowest BCUT2D eigenvalue weighted by atomic mass is 10.1. The van der Waals surface area contributed by atoms with Gasteiger partial charge in [-0.15, -0.1) is 0 Å². The van der Waals surface area contributed by atoms with Gasteiger partial charge in [0.15, 0.2) is 0 Å². The van der Waals surface area contributed by atoms with Crippen LogP contribution < -0.4 is 16.4 Å². The molecule has 8 heteroatoms. The van der Waals surface area contributed by atoms with Crippen molar-refractivity contribution in [2.45, 2.75) is 19.5 Å². The van der Waals surface area contributed by atoms with Crippen LogP contribution in [0, 0.1) is 0 Å². The van der Waals surface area contributed by atoms with Crippen LogP contribution in [0.25, 0.3) is 10.9 Å². The van der Waals surface area contributed by atoms with E-state index in [4.69, 9.17) is 5.73 Å². The molecule has 0 saturated heterocycles. The Kier molecular flexibility index (Phi) is 5.25. The summed E-state index contributed by atoms with van der Waals surface area (Å²) in [7, 11) is 1.27. The molecule has 27 heavy (non-hydrogen) atoms. The normalized spacial score (nSPS) is 11.8. The number of rotatable bonds is 6. The van der Waals surface area contributed by atoms with Crippen molar-refractivity contribution >= 4 is 34.2 Å². The van der Waals surface area contributed by atoms with Crippen molar-refractivity contribution in [2.24, 2.45) is 0 Å². The second-order valence-corrected chi connectivity index (χ2v) is 6.15. The highest BCUT2D eigenvalue weighted by Crippen LogP contribution is 2.21. The summed E-state index contributed by atoms with van der Waals surface area (Å²) in [6.45, 7) is 2.17. The molecule has 5 N–H and O–H groups in total. The van der Waals surface area contributed by atoms with E-state index in [1.54, 1.807) is 13.0 Å². The second kappa shape index (κ2) is 7.77. The molecule has 3 aromatic rings. The molecule has 0 unspecified atom stereocenters. The maximum Gasteiger partial charge on any atom is 0.328 e. The Labute approximate surface area is 156 Å². The molecule has 1 aromatic heterocycles. The number of esters is 1. The minimum Gasteiger partial charge on any atom is -0.467 e. The summed E-state index contributed by atoms with van der Waals surface area (Å²) in [4.78, 5) is 23.8. The van der Waals surface area contributed by atoms with Crippen LogP contribution in [0.4, 0.5) is 11.4 Å². The first-order valence-electron chi connectivity index (χ1n) is 8.43. The lowest BCUT2D eigenvalue weighted by Crippen LogP contribution is -2.39. The lowest BCUT2D eigenvalue weighted by Gasteiger charge is -2.10. The van der Waals surface area contributed by atoms with Crippen LogP contribution in [0.1, 0.15) is 23.0 Å². The molecule has 1 heterocycles. The third-order valence-electron chi connectivity index (χ3n) is 4.13. The van der Waals surface area contributed by atoms with Crippen molar-refractivity contribution in [2.75, 3.05) is 18.2 Å². The molecule has 0 saturated carbocycles. The highest BCUT2D eigenvalue weighted by atomic mass is 16.5. The van der Waals surface area contributed by atoms with E-state index in [1.807, 2.05) is 36.4 Å². The molecule has 140 valence electrons. The molecule has 0 radical (unpaired) electrons. The van der Waals surface area contributed by atoms with Crippen LogP contribution in [0.5, 0.6) is 0 Å². The zero-order valence-electron chi connectivity index (χ0n) is 15.1. The highest BCUT2D eigenvalue weighted by molar-refractivity contribution is 6.06. The Hall–Kier alpha value is -3.55. The van der Waals surface area contributed by atoms with E-state index >= 15 is 0 Å². The number of nitrogens with zero attached hydrogens (tertiary/aromatic N) is 1. The summed E-state index contributed by atoms with van der Waals surface area (Å²) >= 11 is 0. The van der Waals surface area contributed by atoms with Crippen LogP contribution in [0.15, 0.2) is 42.5 Å². The van der Waals surface area contributed by atoms with Gasteiger partial charge in [0.25, 0.3) is 5.91 Å². The minimum atomic E-state index is -0.750. The van der Waals surface area contributed by atoms with Crippen LogP contribution in [-0.4, -0.2) is 35.2 Å². The maximum atomic E-state index is 12.4. The van der Waals surface area contributed by atoms with E-state index in [2.05, 4.69) is 25.6 Å². The van der Waals surface area contributed by atoms with Gasteiger partial charge < -0.3 is 21.1 Å².